The van der Waals surface area contributed by atoms with Gasteiger partial charge in [-0.2, -0.15) is 13.2 Å². The second kappa shape index (κ2) is 9.11. The van der Waals surface area contributed by atoms with Gasteiger partial charge < -0.3 is 10.2 Å². The van der Waals surface area contributed by atoms with Crippen LogP contribution in [0.5, 0.6) is 0 Å². The van der Waals surface area contributed by atoms with Crippen LogP contribution in [0.3, 0.4) is 0 Å². The normalized spacial score (nSPS) is 15.2. The number of hydrogen-bond acceptors (Lipinski definition) is 2. The van der Waals surface area contributed by atoms with Crippen LogP contribution >= 0.6 is 0 Å². The molecule has 0 atom stereocenters. The summed E-state index contributed by atoms with van der Waals surface area (Å²) in [7, 11) is 0. The van der Waals surface area contributed by atoms with Crippen molar-refractivity contribution in [1.82, 2.24) is 10.2 Å². The predicted octanol–water partition coefficient (Wildman–Crippen LogP) is 4.55. The number of benzene rings is 2. The topological polar surface area (TPSA) is 49.4 Å². The quantitative estimate of drug-likeness (QED) is 0.743. The molecule has 0 spiro atoms. The Morgan fingerprint density at radius 1 is 0.966 bits per heavy atom. The molecule has 0 aromatic heterocycles. The van der Waals surface area contributed by atoms with Gasteiger partial charge in [-0.15, -0.1) is 0 Å². The summed E-state index contributed by atoms with van der Waals surface area (Å²) in [6.07, 6.45) is -2.65. The maximum Gasteiger partial charge on any atom is 0.416 e. The fraction of sp³-hybridized carbons (Fsp3) is 0.364. The molecule has 1 saturated heterocycles. The molecule has 0 aliphatic carbocycles. The van der Waals surface area contributed by atoms with Gasteiger partial charge in [-0.25, -0.2) is 4.79 Å². The van der Waals surface area contributed by atoms with E-state index in [9.17, 15) is 22.8 Å². The third-order valence-corrected chi connectivity index (χ3v) is 5.18. The number of carbonyl (C=O) groups excluding carboxylic acids is 2. The van der Waals surface area contributed by atoms with E-state index in [0.29, 0.717) is 44.5 Å². The molecular formula is C22H23F3N2O2. The van der Waals surface area contributed by atoms with E-state index in [1.54, 1.807) is 4.90 Å². The first-order valence-electron chi connectivity index (χ1n) is 9.63. The summed E-state index contributed by atoms with van der Waals surface area (Å²) in [4.78, 5) is 26.5. The highest BCUT2D eigenvalue weighted by atomic mass is 19.4. The molecule has 2 amide bonds. The largest absolute Gasteiger partial charge is 0.416 e. The van der Waals surface area contributed by atoms with Gasteiger partial charge in [0.1, 0.15) is 0 Å². The van der Waals surface area contributed by atoms with E-state index in [0.717, 1.165) is 17.7 Å². The number of rotatable bonds is 5. The molecule has 0 radical (unpaired) electrons. The fourth-order valence-corrected chi connectivity index (χ4v) is 3.47. The van der Waals surface area contributed by atoms with Gasteiger partial charge >= 0.3 is 12.2 Å². The Balaban J connectivity index is 1.41. The molecule has 4 nitrogen and oxygen atoms in total. The number of piperidine rings is 1. The molecule has 2 aromatic rings. The molecule has 1 aliphatic heterocycles. The lowest BCUT2D eigenvalue weighted by atomic mass is 9.89. The maximum absolute atomic E-state index is 12.6. The van der Waals surface area contributed by atoms with Gasteiger partial charge in [0.25, 0.3) is 0 Å². The number of ketones is 1. The SMILES string of the molecule is O=C(c1ccccc1)C1CCN(C(=O)NCCc2ccc(C(F)(F)F)cc2)CC1. The first kappa shape index (κ1) is 20.9. The Bertz CT molecular complexity index is 827. The summed E-state index contributed by atoms with van der Waals surface area (Å²) in [5.74, 6) is 0.0431. The molecule has 29 heavy (non-hydrogen) atoms. The number of alkyl halides is 3. The van der Waals surface area contributed by atoms with E-state index in [-0.39, 0.29) is 17.7 Å². The zero-order chi connectivity index (χ0) is 20.9. The molecule has 0 unspecified atom stereocenters. The number of nitrogens with one attached hydrogen (secondary N) is 1. The third kappa shape index (κ3) is 5.59. The first-order valence-corrected chi connectivity index (χ1v) is 9.63. The zero-order valence-electron chi connectivity index (χ0n) is 15.9. The first-order chi connectivity index (χ1) is 13.8. The summed E-state index contributed by atoms with van der Waals surface area (Å²) in [5.41, 5.74) is 0.746. The van der Waals surface area contributed by atoms with Crippen molar-refractivity contribution in [2.24, 2.45) is 5.92 Å². The van der Waals surface area contributed by atoms with Crippen LogP contribution in [0, 0.1) is 5.92 Å². The van der Waals surface area contributed by atoms with Gasteiger partial charge in [-0.05, 0) is 37.0 Å². The molecule has 0 bridgehead atoms. The Morgan fingerprint density at radius 3 is 2.17 bits per heavy atom. The van der Waals surface area contributed by atoms with E-state index in [1.165, 1.54) is 12.1 Å². The van der Waals surface area contributed by atoms with Gasteiger partial charge in [0, 0.05) is 31.1 Å². The molecule has 154 valence electrons. The lowest BCUT2D eigenvalue weighted by molar-refractivity contribution is -0.137. The molecular weight excluding hydrogens is 381 g/mol. The number of carbonyl (C=O) groups is 2. The van der Waals surface area contributed by atoms with E-state index in [2.05, 4.69) is 5.32 Å². The summed E-state index contributed by atoms with van der Waals surface area (Å²) in [5, 5.41) is 2.80. The van der Waals surface area contributed by atoms with Gasteiger partial charge in [0.15, 0.2) is 5.78 Å². The lowest BCUT2D eigenvalue weighted by Crippen LogP contribution is -2.45. The van der Waals surface area contributed by atoms with Gasteiger partial charge in [-0.3, -0.25) is 4.79 Å². The highest BCUT2D eigenvalue weighted by Crippen LogP contribution is 2.29. The molecule has 1 heterocycles. The maximum atomic E-state index is 12.6. The highest BCUT2D eigenvalue weighted by molar-refractivity contribution is 5.97. The van der Waals surface area contributed by atoms with Gasteiger partial charge in [0.2, 0.25) is 0 Å². The van der Waals surface area contributed by atoms with Crippen LogP contribution < -0.4 is 5.32 Å². The van der Waals surface area contributed by atoms with Crippen molar-refractivity contribution in [3.8, 4) is 0 Å². The van der Waals surface area contributed by atoms with E-state index >= 15 is 0 Å². The Labute approximate surface area is 167 Å². The van der Waals surface area contributed by atoms with Crippen molar-refractivity contribution >= 4 is 11.8 Å². The van der Waals surface area contributed by atoms with Crippen molar-refractivity contribution in [3.63, 3.8) is 0 Å². The van der Waals surface area contributed by atoms with Crippen molar-refractivity contribution < 1.29 is 22.8 Å². The summed E-state index contributed by atoms with van der Waals surface area (Å²) in [6.45, 7) is 1.36. The molecule has 1 N–H and O–H groups in total. The van der Waals surface area contributed by atoms with Crippen molar-refractivity contribution in [2.45, 2.75) is 25.4 Å². The summed E-state index contributed by atoms with van der Waals surface area (Å²) >= 11 is 0. The average molecular weight is 404 g/mol. The van der Waals surface area contributed by atoms with Crippen LogP contribution in [0.1, 0.15) is 34.3 Å². The smallest absolute Gasteiger partial charge is 0.338 e. The van der Waals surface area contributed by atoms with Crippen LogP contribution in [-0.2, 0) is 12.6 Å². The third-order valence-electron chi connectivity index (χ3n) is 5.18. The lowest BCUT2D eigenvalue weighted by Gasteiger charge is -2.31. The van der Waals surface area contributed by atoms with Crippen LogP contribution in [0.2, 0.25) is 0 Å². The fourth-order valence-electron chi connectivity index (χ4n) is 3.47. The zero-order valence-corrected chi connectivity index (χ0v) is 15.9. The van der Waals surface area contributed by atoms with Crippen molar-refractivity contribution in [3.05, 3.63) is 71.3 Å². The van der Waals surface area contributed by atoms with Crippen LogP contribution in [0.25, 0.3) is 0 Å². The van der Waals surface area contributed by atoms with Crippen LogP contribution in [0.4, 0.5) is 18.0 Å². The monoisotopic (exact) mass is 404 g/mol. The Morgan fingerprint density at radius 2 is 1.59 bits per heavy atom. The van der Waals surface area contributed by atoms with E-state index in [1.807, 2.05) is 30.3 Å². The summed E-state index contributed by atoms with van der Waals surface area (Å²) in [6, 6.07) is 13.9. The molecule has 2 aromatic carbocycles. The number of likely N-dealkylation sites (tertiary alicyclic amines) is 1. The number of nitrogens with zero attached hydrogens (tertiary/aromatic N) is 1. The number of halogens is 3. The van der Waals surface area contributed by atoms with Crippen molar-refractivity contribution in [2.75, 3.05) is 19.6 Å². The highest BCUT2D eigenvalue weighted by Gasteiger charge is 2.30. The van der Waals surface area contributed by atoms with Gasteiger partial charge in [-0.1, -0.05) is 42.5 Å². The van der Waals surface area contributed by atoms with Crippen LogP contribution in [-0.4, -0.2) is 36.3 Å². The van der Waals surface area contributed by atoms with E-state index < -0.39 is 11.7 Å². The second-order valence-corrected chi connectivity index (χ2v) is 7.17. The van der Waals surface area contributed by atoms with Crippen molar-refractivity contribution in [1.29, 1.82) is 0 Å². The molecule has 7 heteroatoms. The standard InChI is InChI=1S/C22H23F3N2O2/c23-22(24,25)19-8-6-16(7-9-19)10-13-26-21(29)27-14-11-18(12-15-27)20(28)17-4-2-1-3-5-17/h1-9,18H,10-15H2,(H,26,29). The minimum atomic E-state index is -4.35. The number of amides is 2. The number of hydrogen-bond donors (Lipinski definition) is 1. The molecule has 1 aliphatic rings. The van der Waals surface area contributed by atoms with Gasteiger partial charge in [0.05, 0.1) is 5.56 Å². The number of urea groups is 1. The summed E-state index contributed by atoms with van der Waals surface area (Å²) < 4.78 is 37.7. The van der Waals surface area contributed by atoms with Crippen LogP contribution in [0.15, 0.2) is 54.6 Å². The second-order valence-electron chi connectivity index (χ2n) is 7.17. The Kier molecular flexibility index (Phi) is 6.56. The molecule has 0 saturated carbocycles. The molecule has 3 rings (SSSR count). The minimum Gasteiger partial charge on any atom is -0.338 e. The Hall–Kier alpha value is -2.83. The predicted molar refractivity (Wildman–Crippen MR) is 104 cm³/mol. The molecule has 1 fully saturated rings. The van der Waals surface area contributed by atoms with E-state index in [4.69, 9.17) is 0 Å². The number of Topliss-reactive ketones (excluding diaryl/α,β-unsaturated/α-hetero) is 1. The average Bonchev–Trinajstić information content (AvgIpc) is 2.73. The minimum absolute atomic E-state index is 0.0754.